The van der Waals surface area contributed by atoms with Gasteiger partial charge in [-0.15, -0.1) is 0 Å². The number of amides is 1. The summed E-state index contributed by atoms with van der Waals surface area (Å²) in [4.78, 5) is 16.1. The lowest BCUT2D eigenvalue weighted by atomic mass is 10.3. The first kappa shape index (κ1) is 14.6. The molecule has 20 heavy (non-hydrogen) atoms. The Hall–Kier alpha value is -1.82. The number of hydrogen-bond acceptors (Lipinski definition) is 3. The van der Waals surface area contributed by atoms with Crippen LogP contribution in [0.1, 0.15) is 36.1 Å². The van der Waals surface area contributed by atoms with Crippen LogP contribution in [0.25, 0.3) is 0 Å². The summed E-state index contributed by atoms with van der Waals surface area (Å²) in [6.45, 7) is 3.44. The van der Waals surface area contributed by atoms with E-state index in [0.717, 1.165) is 31.6 Å². The van der Waals surface area contributed by atoms with Gasteiger partial charge in [-0.05, 0) is 18.9 Å². The van der Waals surface area contributed by atoms with E-state index in [-0.39, 0.29) is 5.91 Å². The molecule has 2 heterocycles. The summed E-state index contributed by atoms with van der Waals surface area (Å²) in [5, 5.41) is 10.0. The molecule has 2 N–H and O–H groups in total. The average Bonchev–Trinajstić information content (AvgIpc) is 3.05. The van der Waals surface area contributed by atoms with Crippen molar-refractivity contribution in [3.63, 3.8) is 0 Å². The molecule has 0 aliphatic carbocycles. The second-order valence-electron chi connectivity index (χ2n) is 4.53. The zero-order valence-corrected chi connectivity index (χ0v) is 12.2. The van der Waals surface area contributed by atoms with E-state index in [1.54, 1.807) is 12.3 Å². The van der Waals surface area contributed by atoms with Crippen LogP contribution in [0.3, 0.4) is 0 Å². The number of aromatic amines is 1. The van der Waals surface area contributed by atoms with Gasteiger partial charge in [0.05, 0.1) is 5.02 Å². The topological polar surface area (TPSA) is 75.6 Å². The lowest BCUT2D eigenvalue weighted by Gasteiger charge is -2.08. The summed E-state index contributed by atoms with van der Waals surface area (Å²) in [5.74, 6) is 0.736. The Kier molecular flexibility index (Phi) is 5.17. The zero-order valence-electron chi connectivity index (χ0n) is 11.4. The molecular formula is C13H18ClN5O. The first-order valence-electron chi connectivity index (χ1n) is 6.68. The highest BCUT2D eigenvalue weighted by molar-refractivity contribution is 6.31. The van der Waals surface area contributed by atoms with Crippen molar-refractivity contribution in [2.24, 2.45) is 0 Å². The second-order valence-corrected chi connectivity index (χ2v) is 4.97. The smallest absolute Gasteiger partial charge is 0.267 e. The molecule has 2 aromatic rings. The molecule has 0 aromatic carbocycles. The van der Waals surface area contributed by atoms with Gasteiger partial charge in [-0.3, -0.25) is 9.89 Å². The maximum absolute atomic E-state index is 12.1. The maximum Gasteiger partial charge on any atom is 0.267 e. The van der Waals surface area contributed by atoms with Crippen molar-refractivity contribution in [2.75, 3.05) is 6.54 Å². The standard InChI is InChI=1S/C13H18ClN5O/c1-2-6-19-8-10(14)7-11(19)13(20)15-5-3-4-12-16-9-17-18-12/h7-9H,2-6H2,1H3,(H,15,20)(H,16,17,18). The van der Waals surface area contributed by atoms with E-state index in [4.69, 9.17) is 11.6 Å². The Balaban J connectivity index is 1.82. The van der Waals surface area contributed by atoms with E-state index in [2.05, 4.69) is 27.4 Å². The predicted molar refractivity (Wildman–Crippen MR) is 76.8 cm³/mol. The van der Waals surface area contributed by atoms with Gasteiger partial charge in [-0.1, -0.05) is 18.5 Å². The van der Waals surface area contributed by atoms with E-state index in [1.165, 1.54) is 6.33 Å². The quantitative estimate of drug-likeness (QED) is 0.768. The number of carbonyl (C=O) groups excluding carboxylic acids is 1. The summed E-state index contributed by atoms with van der Waals surface area (Å²) in [6, 6.07) is 1.70. The van der Waals surface area contributed by atoms with Gasteiger partial charge in [0, 0.05) is 25.7 Å². The van der Waals surface area contributed by atoms with Crippen LogP contribution in [-0.2, 0) is 13.0 Å². The van der Waals surface area contributed by atoms with Gasteiger partial charge in [0.2, 0.25) is 0 Å². The van der Waals surface area contributed by atoms with E-state index < -0.39 is 0 Å². The fourth-order valence-electron chi connectivity index (χ4n) is 1.99. The van der Waals surface area contributed by atoms with Gasteiger partial charge in [0.25, 0.3) is 5.91 Å². The molecule has 0 atom stereocenters. The molecule has 0 unspecified atom stereocenters. The van der Waals surface area contributed by atoms with Crippen LogP contribution < -0.4 is 5.32 Å². The number of nitrogens with one attached hydrogen (secondary N) is 2. The first-order valence-corrected chi connectivity index (χ1v) is 7.06. The third-order valence-electron chi connectivity index (χ3n) is 2.90. The highest BCUT2D eigenvalue weighted by atomic mass is 35.5. The summed E-state index contributed by atoms with van der Waals surface area (Å²) < 4.78 is 1.88. The number of aromatic nitrogens is 4. The maximum atomic E-state index is 12.1. The van der Waals surface area contributed by atoms with Gasteiger partial charge in [-0.2, -0.15) is 5.10 Å². The van der Waals surface area contributed by atoms with Gasteiger partial charge in [0.15, 0.2) is 0 Å². The van der Waals surface area contributed by atoms with Crippen molar-refractivity contribution in [2.45, 2.75) is 32.7 Å². The second kappa shape index (κ2) is 7.09. The molecule has 1 amide bonds. The minimum Gasteiger partial charge on any atom is -0.351 e. The molecule has 0 aliphatic heterocycles. The number of halogens is 1. The minimum absolute atomic E-state index is 0.0945. The first-order chi connectivity index (χ1) is 9.70. The highest BCUT2D eigenvalue weighted by Crippen LogP contribution is 2.14. The van der Waals surface area contributed by atoms with Crippen molar-refractivity contribution in [1.82, 2.24) is 25.1 Å². The van der Waals surface area contributed by atoms with Crippen LogP contribution in [0.15, 0.2) is 18.6 Å². The molecule has 2 aromatic heterocycles. The molecule has 0 spiro atoms. The Morgan fingerprint density at radius 3 is 3.10 bits per heavy atom. The SMILES string of the molecule is CCCn1cc(Cl)cc1C(=O)NCCCc1ncn[nH]1. The van der Waals surface area contributed by atoms with Crippen LogP contribution in [0.5, 0.6) is 0 Å². The van der Waals surface area contributed by atoms with Crippen LogP contribution in [0.4, 0.5) is 0 Å². The largest absolute Gasteiger partial charge is 0.351 e. The zero-order chi connectivity index (χ0) is 14.4. The van der Waals surface area contributed by atoms with Crippen molar-refractivity contribution in [3.8, 4) is 0 Å². The Morgan fingerprint density at radius 2 is 2.40 bits per heavy atom. The fourth-order valence-corrected chi connectivity index (χ4v) is 2.21. The number of hydrogen-bond donors (Lipinski definition) is 2. The molecule has 6 nitrogen and oxygen atoms in total. The lowest BCUT2D eigenvalue weighted by Crippen LogP contribution is -2.27. The Morgan fingerprint density at radius 1 is 1.55 bits per heavy atom. The molecule has 0 aliphatic rings. The molecule has 0 bridgehead atoms. The molecule has 2 rings (SSSR count). The van der Waals surface area contributed by atoms with Crippen LogP contribution in [-0.4, -0.2) is 32.2 Å². The lowest BCUT2D eigenvalue weighted by molar-refractivity contribution is 0.0943. The van der Waals surface area contributed by atoms with Gasteiger partial charge >= 0.3 is 0 Å². The summed E-state index contributed by atoms with van der Waals surface area (Å²) in [5.41, 5.74) is 0.608. The minimum atomic E-state index is -0.0945. The Bertz CT molecular complexity index is 549. The van der Waals surface area contributed by atoms with Crippen LogP contribution >= 0.6 is 11.6 Å². The van der Waals surface area contributed by atoms with E-state index in [0.29, 0.717) is 17.3 Å². The molecule has 0 saturated heterocycles. The summed E-state index contributed by atoms with van der Waals surface area (Å²) in [7, 11) is 0. The number of aryl methyl sites for hydroxylation is 2. The average molecular weight is 296 g/mol. The summed E-state index contributed by atoms with van der Waals surface area (Å²) >= 11 is 5.95. The van der Waals surface area contributed by atoms with Crippen molar-refractivity contribution < 1.29 is 4.79 Å². The van der Waals surface area contributed by atoms with Gasteiger partial charge in [-0.25, -0.2) is 4.98 Å². The summed E-state index contributed by atoms with van der Waals surface area (Å²) in [6.07, 6.45) is 5.79. The Labute approximate surface area is 122 Å². The predicted octanol–water partition coefficient (Wildman–Crippen LogP) is 2.03. The van der Waals surface area contributed by atoms with Crippen molar-refractivity contribution >= 4 is 17.5 Å². The van der Waals surface area contributed by atoms with Crippen LogP contribution in [0.2, 0.25) is 5.02 Å². The highest BCUT2D eigenvalue weighted by Gasteiger charge is 2.12. The number of H-pyrrole nitrogens is 1. The van der Waals surface area contributed by atoms with E-state index in [1.807, 2.05) is 4.57 Å². The van der Waals surface area contributed by atoms with Crippen LogP contribution in [0, 0.1) is 0 Å². The van der Waals surface area contributed by atoms with E-state index in [9.17, 15) is 4.79 Å². The molecule has 0 fully saturated rings. The van der Waals surface area contributed by atoms with Crippen molar-refractivity contribution in [3.05, 3.63) is 35.1 Å². The molecule has 108 valence electrons. The monoisotopic (exact) mass is 295 g/mol. The molecule has 7 heteroatoms. The van der Waals surface area contributed by atoms with E-state index >= 15 is 0 Å². The molecule has 0 radical (unpaired) electrons. The fraction of sp³-hybridized carbons (Fsp3) is 0.462. The molecule has 0 saturated carbocycles. The number of rotatable bonds is 7. The third-order valence-corrected chi connectivity index (χ3v) is 3.11. The van der Waals surface area contributed by atoms with Gasteiger partial charge < -0.3 is 9.88 Å². The number of nitrogens with zero attached hydrogens (tertiary/aromatic N) is 3. The van der Waals surface area contributed by atoms with Gasteiger partial charge in [0.1, 0.15) is 17.8 Å². The van der Waals surface area contributed by atoms with Crippen molar-refractivity contribution in [1.29, 1.82) is 0 Å². The third kappa shape index (κ3) is 3.84. The number of carbonyl (C=O) groups is 1. The normalized spacial score (nSPS) is 10.7. The molecular weight excluding hydrogens is 278 g/mol.